The Morgan fingerprint density at radius 3 is 2.47 bits per heavy atom. The van der Waals surface area contributed by atoms with Gasteiger partial charge in [-0.15, -0.1) is 0 Å². The largest absolute Gasteiger partial charge is 0.489 e. The maximum Gasteiger partial charge on any atom is 0.122 e. The summed E-state index contributed by atoms with van der Waals surface area (Å²) in [7, 11) is 2.02. The number of rotatable bonds is 7. The van der Waals surface area contributed by atoms with E-state index in [-0.39, 0.29) is 6.10 Å². The first-order valence-corrected chi connectivity index (χ1v) is 6.62. The highest BCUT2D eigenvalue weighted by molar-refractivity contribution is 5.32. The van der Waals surface area contributed by atoms with Gasteiger partial charge in [-0.25, -0.2) is 0 Å². The third kappa shape index (κ3) is 4.04. The molecule has 0 fully saturated rings. The molecule has 0 aliphatic rings. The van der Waals surface area contributed by atoms with Crippen LogP contribution in [0.2, 0.25) is 0 Å². The van der Waals surface area contributed by atoms with Gasteiger partial charge in [0.15, 0.2) is 0 Å². The standard InChI is InChI=1S/C15H25NO/c1-5-9-13(16-4)14(6-2)17-15-11-8-7-10-12(15)3/h7-8,10-11,13-14,16H,5-6,9H2,1-4H3. The van der Waals surface area contributed by atoms with E-state index in [9.17, 15) is 0 Å². The maximum atomic E-state index is 6.14. The second kappa shape index (κ2) is 7.33. The van der Waals surface area contributed by atoms with Gasteiger partial charge in [0.2, 0.25) is 0 Å². The van der Waals surface area contributed by atoms with E-state index in [2.05, 4.69) is 38.2 Å². The number of ether oxygens (including phenoxy) is 1. The molecule has 1 N–H and O–H groups in total. The van der Waals surface area contributed by atoms with Crippen LogP contribution in [0.4, 0.5) is 0 Å². The van der Waals surface area contributed by atoms with Crippen LogP contribution in [0.5, 0.6) is 5.75 Å². The lowest BCUT2D eigenvalue weighted by molar-refractivity contribution is 0.146. The predicted octanol–water partition coefficient (Wildman–Crippen LogP) is 3.54. The van der Waals surface area contributed by atoms with Crippen molar-refractivity contribution >= 4 is 0 Å². The van der Waals surface area contributed by atoms with Crippen molar-refractivity contribution in [2.75, 3.05) is 7.05 Å². The molecule has 0 amide bonds. The predicted molar refractivity (Wildman–Crippen MR) is 73.6 cm³/mol. The second-order valence-electron chi connectivity index (χ2n) is 4.51. The summed E-state index contributed by atoms with van der Waals surface area (Å²) in [6.07, 6.45) is 3.61. The molecule has 1 rings (SSSR count). The molecule has 0 spiro atoms. The average molecular weight is 235 g/mol. The van der Waals surface area contributed by atoms with Crippen LogP contribution in [0.3, 0.4) is 0 Å². The molecule has 2 heteroatoms. The molecule has 2 atom stereocenters. The average Bonchev–Trinajstić information content (AvgIpc) is 2.35. The van der Waals surface area contributed by atoms with Crippen LogP contribution in [-0.2, 0) is 0 Å². The van der Waals surface area contributed by atoms with Crippen LogP contribution in [0.1, 0.15) is 38.7 Å². The Morgan fingerprint density at radius 1 is 1.24 bits per heavy atom. The first-order valence-electron chi connectivity index (χ1n) is 6.62. The van der Waals surface area contributed by atoms with Gasteiger partial charge >= 0.3 is 0 Å². The van der Waals surface area contributed by atoms with Crippen LogP contribution in [0.15, 0.2) is 24.3 Å². The summed E-state index contributed by atoms with van der Waals surface area (Å²) in [5.74, 6) is 1.01. The van der Waals surface area contributed by atoms with Crippen LogP contribution in [0, 0.1) is 6.92 Å². The highest BCUT2D eigenvalue weighted by Crippen LogP contribution is 2.21. The second-order valence-corrected chi connectivity index (χ2v) is 4.51. The quantitative estimate of drug-likeness (QED) is 0.780. The van der Waals surface area contributed by atoms with Crippen LogP contribution >= 0.6 is 0 Å². The Balaban J connectivity index is 2.72. The fourth-order valence-electron chi connectivity index (χ4n) is 2.13. The summed E-state index contributed by atoms with van der Waals surface area (Å²) in [6.45, 7) is 6.49. The SMILES string of the molecule is CCCC(NC)C(CC)Oc1ccccc1C. The fraction of sp³-hybridized carbons (Fsp3) is 0.600. The third-order valence-electron chi connectivity index (χ3n) is 3.19. The van der Waals surface area contributed by atoms with E-state index in [1.54, 1.807) is 0 Å². The van der Waals surface area contributed by atoms with Crippen molar-refractivity contribution in [2.45, 2.75) is 52.2 Å². The van der Waals surface area contributed by atoms with Gasteiger partial charge in [0.1, 0.15) is 11.9 Å². The molecular weight excluding hydrogens is 210 g/mol. The normalized spacial score (nSPS) is 14.4. The molecule has 0 bridgehead atoms. The number of likely N-dealkylation sites (N-methyl/N-ethyl adjacent to an activating group) is 1. The molecule has 1 aromatic carbocycles. The molecule has 0 aliphatic heterocycles. The Bertz CT molecular complexity index is 324. The number of hydrogen-bond acceptors (Lipinski definition) is 2. The molecule has 0 radical (unpaired) electrons. The number of nitrogens with one attached hydrogen (secondary N) is 1. The van der Waals surface area contributed by atoms with Gasteiger partial charge < -0.3 is 10.1 Å². The molecule has 96 valence electrons. The molecule has 1 aromatic rings. The van der Waals surface area contributed by atoms with E-state index in [4.69, 9.17) is 4.74 Å². The van der Waals surface area contributed by atoms with Gasteiger partial charge in [0.05, 0.1) is 0 Å². The first kappa shape index (κ1) is 14.0. The zero-order chi connectivity index (χ0) is 12.7. The lowest BCUT2D eigenvalue weighted by Crippen LogP contribution is -2.40. The van der Waals surface area contributed by atoms with Crippen LogP contribution in [-0.4, -0.2) is 19.2 Å². The molecule has 0 aromatic heterocycles. The van der Waals surface area contributed by atoms with E-state index in [0.717, 1.165) is 18.6 Å². The zero-order valence-electron chi connectivity index (χ0n) is 11.5. The summed E-state index contributed by atoms with van der Waals surface area (Å²) in [5, 5.41) is 3.37. The summed E-state index contributed by atoms with van der Waals surface area (Å²) in [6, 6.07) is 8.66. The minimum absolute atomic E-state index is 0.251. The summed E-state index contributed by atoms with van der Waals surface area (Å²) < 4.78 is 6.14. The van der Waals surface area contributed by atoms with Crippen LogP contribution in [0.25, 0.3) is 0 Å². The summed E-state index contributed by atoms with van der Waals surface area (Å²) in [5.41, 5.74) is 1.21. The third-order valence-corrected chi connectivity index (χ3v) is 3.19. The van der Waals surface area contributed by atoms with E-state index in [1.165, 1.54) is 12.0 Å². The number of benzene rings is 1. The summed E-state index contributed by atoms with van der Waals surface area (Å²) in [4.78, 5) is 0. The Kier molecular flexibility index (Phi) is 6.06. The summed E-state index contributed by atoms with van der Waals surface area (Å²) >= 11 is 0. The van der Waals surface area contributed by atoms with Crippen molar-refractivity contribution in [1.82, 2.24) is 5.32 Å². The van der Waals surface area contributed by atoms with Gasteiger partial charge in [-0.05, 0) is 38.4 Å². The van der Waals surface area contributed by atoms with Crippen molar-refractivity contribution in [3.05, 3.63) is 29.8 Å². The number of para-hydroxylation sites is 1. The lowest BCUT2D eigenvalue weighted by atomic mass is 10.0. The fourth-order valence-corrected chi connectivity index (χ4v) is 2.13. The maximum absolute atomic E-state index is 6.14. The Labute approximate surface area is 105 Å². The smallest absolute Gasteiger partial charge is 0.122 e. The van der Waals surface area contributed by atoms with E-state index < -0.39 is 0 Å². The van der Waals surface area contributed by atoms with Crippen molar-refractivity contribution in [3.8, 4) is 5.75 Å². The highest BCUT2D eigenvalue weighted by Gasteiger charge is 2.19. The van der Waals surface area contributed by atoms with Crippen molar-refractivity contribution < 1.29 is 4.74 Å². The van der Waals surface area contributed by atoms with Gasteiger partial charge in [0.25, 0.3) is 0 Å². The monoisotopic (exact) mass is 235 g/mol. The molecule has 0 saturated heterocycles. The Morgan fingerprint density at radius 2 is 1.94 bits per heavy atom. The zero-order valence-corrected chi connectivity index (χ0v) is 11.5. The van der Waals surface area contributed by atoms with E-state index >= 15 is 0 Å². The van der Waals surface area contributed by atoms with Crippen LogP contribution < -0.4 is 10.1 Å². The molecule has 0 heterocycles. The Hall–Kier alpha value is -1.02. The molecule has 2 unspecified atom stereocenters. The van der Waals surface area contributed by atoms with Gasteiger partial charge in [-0.3, -0.25) is 0 Å². The number of hydrogen-bond donors (Lipinski definition) is 1. The number of aryl methyl sites for hydroxylation is 1. The minimum atomic E-state index is 0.251. The molecular formula is C15H25NO. The van der Waals surface area contributed by atoms with Crippen molar-refractivity contribution in [3.63, 3.8) is 0 Å². The van der Waals surface area contributed by atoms with E-state index in [0.29, 0.717) is 6.04 Å². The van der Waals surface area contributed by atoms with Crippen molar-refractivity contribution in [2.24, 2.45) is 0 Å². The van der Waals surface area contributed by atoms with Gasteiger partial charge in [-0.2, -0.15) is 0 Å². The van der Waals surface area contributed by atoms with Gasteiger partial charge in [0, 0.05) is 6.04 Å². The van der Waals surface area contributed by atoms with Gasteiger partial charge in [-0.1, -0.05) is 38.5 Å². The molecule has 17 heavy (non-hydrogen) atoms. The first-order chi connectivity index (χ1) is 8.22. The lowest BCUT2D eigenvalue weighted by Gasteiger charge is -2.27. The van der Waals surface area contributed by atoms with Crippen molar-refractivity contribution in [1.29, 1.82) is 0 Å². The minimum Gasteiger partial charge on any atom is -0.489 e. The molecule has 0 aliphatic carbocycles. The highest BCUT2D eigenvalue weighted by atomic mass is 16.5. The molecule has 2 nitrogen and oxygen atoms in total. The van der Waals surface area contributed by atoms with E-state index in [1.807, 2.05) is 19.2 Å². The topological polar surface area (TPSA) is 21.3 Å². The molecule has 0 saturated carbocycles.